The molecule has 5 heteroatoms. The second-order valence-corrected chi connectivity index (χ2v) is 6.36. The summed E-state index contributed by atoms with van der Waals surface area (Å²) in [4.78, 5) is 16.6. The van der Waals surface area contributed by atoms with Crippen molar-refractivity contribution in [3.05, 3.63) is 0 Å². The van der Waals surface area contributed by atoms with E-state index in [4.69, 9.17) is 10.5 Å². The predicted molar refractivity (Wildman–Crippen MR) is 81.6 cm³/mol. The van der Waals surface area contributed by atoms with Crippen LogP contribution in [-0.4, -0.2) is 66.7 Å². The van der Waals surface area contributed by atoms with E-state index in [0.717, 1.165) is 26.1 Å². The minimum atomic E-state index is -0.861. The van der Waals surface area contributed by atoms with E-state index in [1.54, 1.807) is 13.8 Å². The Morgan fingerprint density at radius 1 is 1.35 bits per heavy atom. The van der Waals surface area contributed by atoms with Gasteiger partial charge in [-0.05, 0) is 54.1 Å². The number of nitrogens with two attached hydrogens (primary N) is 1. The van der Waals surface area contributed by atoms with E-state index in [2.05, 4.69) is 30.7 Å². The Bertz CT molecular complexity index is 308. The Hall–Kier alpha value is -0.650. The molecule has 1 aliphatic rings. The number of ether oxygens (including phenoxy) is 1. The van der Waals surface area contributed by atoms with Crippen LogP contribution in [0, 0.1) is 0 Å². The fourth-order valence-electron chi connectivity index (χ4n) is 2.76. The summed E-state index contributed by atoms with van der Waals surface area (Å²) in [5, 5.41) is 0. The largest absolute Gasteiger partial charge is 0.465 e. The zero-order valence-electron chi connectivity index (χ0n) is 13.7. The second-order valence-electron chi connectivity index (χ2n) is 6.36. The number of hydrogen-bond donors (Lipinski definition) is 1. The Balaban J connectivity index is 2.35. The smallest absolute Gasteiger partial charge is 0.325 e. The van der Waals surface area contributed by atoms with Crippen molar-refractivity contribution in [2.45, 2.75) is 58.2 Å². The molecule has 0 saturated carbocycles. The molecular formula is C15H31N3O2. The highest BCUT2D eigenvalue weighted by Gasteiger charge is 2.30. The van der Waals surface area contributed by atoms with Gasteiger partial charge in [-0.3, -0.25) is 9.69 Å². The van der Waals surface area contributed by atoms with Gasteiger partial charge in [0.15, 0.2) is 0 Å². The Labute approximate surface area is 123 Å². The lowest BCUT2D eigenvalue weighted by Crippen LogP contribution is -2.55. The first-order valence-corrected chi connectivity index (χ1v) is 7.68. The number of hydrogen-bond acceptors (Lipinski definition) is 5. The summed E-state index contributed by atoms with van der Waals surface area (Å²) in [6, 6.07) is 1.15. The average Bonchev–Trinajstić information content (AvgIpc) is 2.36. The fraction of sp³-hybridized carbons (Fsp3) is 0.933. The monoisotopic (exact) mass is 285 g/mol. The second kappa shape index (κ2) is 7.38. The predicted octanol–water partition coefficient (Wildman–Crippen LogP) is 1.07. The number of nitrogens with zero attached hydrogens (tertiary/aromatic N) is 2. The number of rotatable bonds is 6. The van der Waals surface area contributed by atoms with E-state index < -0.39 is 5.54 Å². The van der Waals surface area contributed by atoms with Gasteiger partial charge in [0.1, 0.15) is 5.54 Å². The van der Waals surface area contributed by atoms with Crippen molar-refractivity contribution in [1.29, 1.82) is 0 Å². The van der Waals surface area contributed by atoms with Crippen molar-refractivity contribution in [3.8, 4) is 0 Å². The third-order valence-electron chi connectivity index (χ3n) is 4.35. The van der Waals surface area contributed by atoms with Gasteiger partial charge in [0, 0.05) is 25.2 Å². The lowest BCUT2D eigenvalue weighted by molar-refractivity contribution is -0.149. The normalized spacial score (nSPS) is 28.1. The molecule has 1 heterocycles. The molecule has 1 fully saturated rings. The molecule has 118 valence electrons. The molecule has 0 aromatic carbocycles. The summed E-state index contributed by atoms with van der Waals surface area (Å²) in [5.41, 5.74) is 5.18. The van der Waals surface area contributed by atoms with Crippen molar-refractivity contribution < 1.29 is 9.53 Å². The van der Waals surface area contributed by atoms with Crippen LogP contribution in [0.4, 0.5) is 0 Å². The third kappa shape index (κ3) is 4.72. The topological polar surface area (TPSA) is 58.8 Å². The van der Waals surface area contributed by atoms with Gasteiger partial charge in [0.05, 0.1) is 6.61 Å². The van der Waals surface area contributed by atoms with Crippen LogP contribution in [0.1, 0.15) is 40.5 Å². The molecule has 0 amide bonds. The van der Waals surface area contributed by atoms with Crippen molar-refractivity contribution in [2.24, 2.45) is 5.73 Å². The molecular weight excluding hydrogens is 254 g/mol. The van der Waals surface area contributed by atoms with Gasteiger partial charge in [-0.2, -0.15) is 0 Å². The highest BCUT2D eigenvalue weighted by molar-refractivity contribution is 5.79. The fourth-order valence-corrected chi connectivity index (χ4v) is 2.76. The van der Waals surface area contributed by atoms with Gasteiger partial charge >= 0.3 is 5.97 Å². The van der Waals surface area contributed by atoms with Crippen molar-refractivity contribution in [3.63, 3.8) is 0 Å². The first kappa shape index (κ1) is 17.4. The van der Waals surface area contributed by atoms with Crippen LogP contribution in [0.5, 0.6) is 0 Å². The van der Waals surface area contributed by atoms with Gasteiger partial charge in [-0.15, -0.1) is 0 Å². The van der Waals surface area contributed by atoms with E-state index >= 15 is 0 Å². The molecule has 1 rings (SSSR count). The maximum absolute atomic E-state index is 11.7. The molecule has 0 spiro atoms. The SMILES string of the molecule is CCOC(=O)C(C)(N)CCCN1CC(C)N(C)C(C)C1. The van der Waals surface area contributed by atoms with E-state index in [1.807, 2.05) is 0 Å². The molecule has 3 unspecified atom stereocenters. The molecule has 1 saturated heterocycles. The summed E-state index contributed by atoms with van der Waals surface area (Å²) in [7, 11) is 2.18. The number of likely N-dealkylation sites (N-methyl/N-ethyl adjacent to an activating group) is 1. The van der Waals surface area contributed by atoms with Gasteiger partial charge in [0.2, 0.25) is 0 Å². The van der Waals surface area contributed by atoms with Crippen LogP contribution in [-0.2, 0) is 9.53 Å². The van der Waals surface area contributed by atoms with Crippen molar-refractivity contribution in [2.75, 3.05) is 33.3 Å². The van der Waals surface area contributed by atoms with Crippen LogP contribution in [0.15, 0.2) is 0 Å². The summed E-state index contributed by atoms with van der Waals surface area (Å²) in [6.07, 6.45) is 1.59. The van der Waals surface area contributed by atoms with E-state index in [9.17, 15) is 4.79 Å². The van der Waals surface area contributed by atoms with Crippen LogP contribution >= 0.6 is 0 Å². The van der Waals surface area contributed by atoms with Gasteiger partial charge < -0.3 is 15.4 Å². The van der Waals surface area contributed by atoms with E-state index in [-0.39, 0.29) is 5.97 Å². The highest BCUT2D eigenvalue weighted by Crippen LogP contribution is 2.16. The number of carbonyl (C=O) groups is 1. The van der Waals surface area contributed by atoms with Gasteiger partial charge in [-0.1, -0.05) is 0 Å². The quantitative estimate of drug-likeness (QED) is 0.740. The maximum Gasteiger partial charge on any atom is 0.325 e. The molecule has 1 aliphatic heterocycles. The maximum atomic E-state index is 11.7. The van der Waals surface area contributed by atoms with E-state index in [1.165, 1.54) is 0 Å². The first-order chi connectivity index (χ1) is 9.27. The van der Waals surface area contributed by atoms with Gasteiger partial charge in [-0.25, -0.2) is 0 Å². The number of carbonyl (C=O) groups excluding carboxylic acids is 1. The molecule has 0 aliphatic carbocycles. The summed E-state index contributed by atoms with van der Waals surface area (Å²) >= 11 is 0. The minimum absolute atomic E-state index is 0.292. The highest BCUT2D eigenvalue weighted by atomic mass is 16.5. The van der Waals surface area contributed by atoms with Crippen LogP contribution < -0.4 is 5.73 Å². The summed E-state index contributed by atoms with van der Waals surface area (Å²) < 4.78 is 5.01. The average molecular weight is 285 g/mol. The lowest BCUT2D eigenvalue weighted by atomic mass is 9.97. The molecule has 0 radical (unpaired) electrons. The van der Waals surface area contributed by atoms with E-state index in [0.29, 0.717) is 25.1 Å². The summed E-state index contributed by atoms with van der Waals surface area (Å²) in [6.45, 7) is 11.6. The Morgan fingerprint density at radius 2 is 1.90 bits per heavy atom. The van der Waals surface area contributed by atoms with Crippen LogP contribution in [0.3, 0.4) is 0 Å². The first-order valence-electron chi connectivity index (χ1n) is 7.68. The van der Waals surface area contributed by atoms with Gasteiger partial charge in [0.25, 0.3) is 0 Å². The Morgan fingerprint density at radius 3 is 2.40 bits per heavy atom. The zero-order chi connectivity index (χ0) is 15.3. The molecule has 2 N–H and O–H groups in total. The van der Waals surface area contributed by atoms with Crippen molar-refractivity contribution in [1.82, 2.24) is 9.80 Å². The molecule has 5 nitrogen and oxygen atoms in total. The molecule has 20 heavy (non-hydrogen) atoms. The molecule has 3 atom stereocenters. The standard InChI is InChI=1S/C15H31N3O2/c1-6-20-14(19)15(4,16)8-7-9-18-10-12(2)17(5)13(3)11-18/h12-13H,6-11,16H2,1-5H3. The minimum Gasteiger partial charge on any atom is -0.465 e. The zero-order valence-corrected chi connectivity index (χ0v) is 13.7. The number of piperazine rings is 1. The van der Waals surface area contributed by atoms with Crippen molar-refractivity contribution >= 4 is 5.97 Å². The lowest BCUT2D eigenvalue weighted by Gasteiger charge is -2.42. The third-order valence-corrected chi connectivity index (χ3v) is 4.35. The molecule has 0 aromatic rings. The number of esters is 1. The Kier molecular flexibility index (Phi) is 6.43. The molecule has 0 bridgehead atoms. The molecule has 0 aromatic heterocycles. The van der Waals surface area contributed by atoms with Crippen LogP contribution in [0.2, 0.25) is 0 Å². The van der Waals surface area contributed by atoms with Crippen LogP contribution in [0.25, 0.3) is 0 Å². The summed E-state index contributed by atoms with van der Waals surface area (Å²) in [5.74, 6) is -0.292.